The molecule has 0 saturated carbocycles. The van der Waals surface area contributed by atoms with E-state index in [1.807, 2.05) is 11.1 Å². The SMILES string of the molecule is N#CCC1CNC2C(C(=O)Nc3cnccc3N3CCCC3)C(N)NN2C1. The van der Waals surface area contributed by atoms with Crippen LogP contribution in [0.25, 0.3) is 0 Å². The fraction of sp³-hybridized carbons (Fsp3) is 0.611. The van der Waals surface area contributed by atoms with Crippen LogP contribution in [-0.2, 0) is 4.79 Å². The number of hydrogen-bond acceptors (Lipinski definition) is 8. The van der Waals surface area contributed by atoms with Gasteiger partial charge in [0, 0.05) is 38.8 Å². The minimum atomic E-state index is -0.477. The van der Waals surface area contributed by atoms with E-state index in [0.717, 1.165) is 37.3 Å². The molecule has 4 atom stereocenters. The molecule has 1 aromatic heterocycles. The van der Waals surface area contributed by atoms with Gasteiger partial charge in [0.15, 0.2) is 0 Å². The molecular formula is C18H26N8O. The Bertz CT molecular complexity index is 728. The molecule has 9 nitrogen and oxygen atoms in total. The highest BCUT2D eigenvalue weighted by atomic mass is 16.2. The van der Waals surface area contributed by atoms with Gasteiger partial charge in [-0.05, 0) is 24.8 Å². The van der Waals surface area contributed by atoms with Crippen molar-refractivity contribution < 1.29 is 4.79 Å². The number of hydrazine groups is 1. The molecule has 27 heavy (non-hydrogen) atoms. The van der Waals surface area contributed by atoms with Crippen LogP contribution in [0.2, 0.25) is 0 Å². The predicted molar refractivity (Wildman–Crippen MR) is 101 cm³/mol. The second-order valence-corrected chi connectivity index (χ2v) is 7.49. The zero-order valence-corrected chi connectivity index (χ0v) is 15.3. The van der Waals surface area contributed by atoms with E-state index in [1.165, 1.54) is 0 Å². The lowest BCUT2D eigenvalue weighted by Gasteiger charge is -2.36. The Labute approximate surface area is 158 Å². The Morgan fingerprint density at radius 1 is 1.44 bits per heavy atom. The van der Waals surface area contributed by atoms with Crippen LogP contribution in [0.3, 0.4) is 0 Å². The summed E-state index contributed by atoms with van der Waals surface area (Å²) in [4.78, 5) is 19.5. The van der Waals surface area contributed by atoms with Gasteiger partial charge in [-0.25, -0.2) is 10.4 Å². The van der Waals surface area contributed by atoms with Gasteiger partial charge in [0.1, 0.15) is 0 Å². The van der Waals surface area contributed by atoms with Crippen molar-refractivity contribution in [2.75, 3.05) is 36.4 Å². The molecule has 0 radical (unpaired) electrons. The van der Waals surface area contributed by atoms with E-state index < -0.39 is 12.1 Å². The van der Waals surface area contributed by atoms with E-state index in [0.29, 0.717) is 19.5 Å². The number of aromatic nitrogens is 1. The first-order chi connectivity index (χ1) is 13.2. The summed E-state index contributed by atoms with van der Waals surface area (Å²) >= 11 is 0. The Kier molecular flexibility index (Phi) is 5.22. The summed E-state index contributed by atoms with van der Waals surface area (Å²) in [6.45, 7) is 3.40. The molecule has 0 bridgehead atoms. The first-order valence-corrected chi connectivity index (χ1v) is 9.56. The van der Waals surface area contributed by atoms with Crippen LogP contribution >= 0.6 is 0 Å². The van der Waals surface area contributed by atoms with Gasteiger partial charge >= 0.3 is 0 Å². The highest BCUT2D eigenvalue weighted by Gasteiger charge is 2.46. The molecule has 9 heteroatoms. The summed E-state index contributed by atoms with van der Waals surface area (Å²) in [6.07, 6.45) is 5.62. The molecule has 3 aliphatic rings. The lowest BCUT2D eigenvalue weighted by atomic mass is 9.98. The molecule has 144 valence electrons. The Morgan fingerprint density at radius 3 is 3.04 bits per heavy atom. The molecule has 4 rings (SSSR count). The van der Waals surface area contributed by atoms with Crippen LogP contribution < -0.4 is 26.7 Å². The number of fused-ring (bicyclic) bond motifs is 1. The molecule has 0 aliphatic carbocycles. The Hall–Kier alpha value is -2.25. The van der Waals surface area contributed by atoms with Gasteiger partial charge in [0.05, 0.1) is 41.9 Å². The highest BCUT2D eigenvalue weighted by molar-refractivity contribution is 5.96. The minimum absolute atomic E-state index is 0.123. The van der Waals surface area contributed by atoms with Crippen molar-refractivity contribution in [2.24, 2.45) is 17.6 Å². The van der Waals surface area contributed by atoms with Gasteiger partial charge in [0.25, 0.3) is 0 Å². The van der Waals surface area contributed by atoms with Gasteiger partial charge in [-0.3, -0.25) is 15.1 Å². The van der Waals surface area contributed by atoms with Crippen molar-refractivity contribution in [1.82, 2.24) is 20.7 Å². The number of rotatable bonds is 4. The van der Waals surface area contributed by atoms with E-state index in [1.54, 1.807) is 12.4 Å². The van der Waals surface area contributed by atoms with Gasteiger partial charge in [-0.1, -0.05) is 0 Å². The van der Waals surface area contributed by atoms with E-state index in [4.69, 9.17) is 11.0 Å². The van der Waals surface area contributed by atoms with Crippen molar-refractivity contribution in [1.29, 1.82) is 5.26 Å². The first kappa shape index (κ1) is 18.1. The average Bonchev–Trinajstić information content (AvgIpc) is 3.29. The second kappa shape index (κ2) is 7.78. The molecule has 5 N–H and O–H groups in total. The van der Waals surface area contributed by atoms with Crippen molar-refractivity contribution >= 4 is 17.3 Å². The van der Waals surface area contributed by atoms with Crippen LogP contribution in [-0.4, -0.2) is 54.4 Å². The molecular weight excluding hydrogens is 344 g/mol. The number of nitrogens with one attached hydrogen (secondary N) is 3. The molecule has 3 aliphatic heterocycles. The minimum Gasteiger partial charge on any atom is -0.370 e. The summed E-state index contributed by atoms with van der Waals surface area (Å²) in [5.41, 5.74) is 11.2. The molecule has 3 fully saturated rings. The fourth-order valence-corrected chi connectivity index (χ4v) is 4.28. The third-order valence-corrected chi connectivity index (χ3v) is 5.63. The van der Waals surface area contributed by atoms with Crippen LogP contribution in [0.15, 0.2) is 18.5 Å². The number of anilines is 2. The summed E-state index contributed by atoms with van der Waals surface area (Å²) < 4.78 is 0. The molecule has 4 heterocycles. The van der Waals surface area contributed by atoms with Gasteiger partial charge in [-0.15, -0.1) is 0 Å². The first-order valence-electron chi connectivity index (χ1n) is 9.56. The number of amides is 1. The van der Waals surface area contributed by atoms with Crippen molar-refractivity contribution in [3.63, 3.8) is 0 Å². The third-order valence-electron chi connectivity index (χ3n) is 5.63. The quantitative estimate of drug-likeness (QED) is 0.575. The van der Waals surface area contributed by atoms with Gasteiger partial charge in [-0.2, -0.15) is 5.26 Å². The standard InChI is InChI=1S/C18H26N8O/c19-5-3-12-9-22-17-15(16(20)24-26(17)11-12)18(27)23-13-10-21-6-4-14(13)25-7-1-2-8-25/h4,6,10,12,15-17,22,24H,1-3,7-9,11,20H2,(H,23,27). The van der Waals surface area contributed by atoms with Gasteiger partial charge < -0.3 is 16.0 Å². The van der Waals surface area contributed by atoms with Crippen molar-refractivity contribution in [3.05, 3.63) is 18.5 Å². The predicted octanol–water partition coefficient (Wildman–Crippen LogP) is -0.199. The van der Waals surface area contributed by atoms with Crippen molar-refractivity contribution in [3.8, 4) is 6.07 Å². The fourth-order valence-electron chi connectivity index (χ4n) is 4.28. The van der Waals surface area contributed by atoms with E-state index in [-0.39, 0.29) is 18.0 Å². The highest BCUT2D eigenvalue weighted by Crippen LogP contribution is 2.30. The number of pyridine rings is 1. The van der Waals surface area contributed by atoms with E-state index in [9.17, 15) is 4.79 Å². The van der Waals surface area contributed by atoms with Crippen LogP contribution in [0.1, 0.15) is 19.3 Å². The van der Waals surface area contributed by atoms with Crippen LogP contribution in [0.4, 0.5) is 11.4 Å². The van der Waals surface area contributed by atoms with Crippen LogP contribution in [0, 0.1) is 23.2 Å². The summed E-state index contributed by atoms with van der Waals surface area (Å²) in [6, 6.07) is 4.16. The van der Waals surface area contributed by atoms with E-state index >= 15 is 0 Å². The van der Waals surface area contributed by atoms with Gasteiger partial charge in [0.2, 0.25) is 5.91 Å². The number of nitrogens with two attached hydrogens (primary N) is 1. The summed E-state index contributed by atoms with van der Waals surface area (Å²) in [7, 11) is 0. The monoisotopic (exact) mass is 370 g/mol. The number of nitrogens with zero attached hydrogens (tertiary/aromatic N) is 4. The maximum Gasteiger partial charge on any atom is 0.233 e. The van der Waals surface area contributed by atoms with Crippen molar-refractivity contribution in [2.45, 2.75) is 31.6 Å². The number of carbonyl (C=O) groups excluding carboxylic acids is 1. The normalized spacial score (nSPS) is 30.7. The number of carbonyl (C=O) groups is 1. The Balaban J connectivity index is 1.47. The number of nitriles is 1. The van der Waals surface area contributed by atoms with E-state index in [2.05, 4.69) is 32.0 Å². The Morgan fingerprint density at radius 2 is 2.26 bits per heavy atom. The molecule has 1 amide bonds. The molecule has 0 aromatic carbocycles. The zero-order chi connectivity index (χ0) is 18.8. The zero-order valence-electron chi connectivity index (χ0n) is 15.3. The maximum atomic E-state index is 13.1. The largest absolute Gasteiger partial charge is 0.370 e. The number of hydrogen-bond donors (Lipinski definition) is 4. The second-order valence-electron chi connectivity index (χ2n) is 7.49. The lowest BCUT2D eigenvalue weighted by molar-refractivity contribution is -0.121. The molecule has 1 aromatic rings. The maximum absolute atomic E-state index is 13.1. The smallest absolute Gasteiger partial charge is 0.233 e. The summed E-state index contributed by atoms with van der Waals surface area (Å²) in [5, 5.41) is 17.3. The molecule has 4 unspecified atom stereocenters. The molecule has 3 saturated heterocycles. The summed E-state index contributed by atoms with van der Waals surface area (Å²) in [5.74, 6) is -0.324. The van der Waals surface area contributed by atoms with Crippen LogP contribution in [0.5, 0.6) is 0 Å². The lowest BCUT2D eigenvalue weighted by Crippen LogP contribution is -2.57. The topological polar surface area (TPSA) is 122 Å². The average molecular weight is 370 g/mol. The molecule has 0 spiro atoms. The third kappa shape index (κ3) is 3.61.